The first kappa shape index (κ1) is 19.0. The van der Waals surface area contributed by atoms with Crippen molar-refractivity contribution in [1.29, 1.82) is 0 Å². The second-order valence-electron chi connectivity index (χ2n) is 6.16. The molecule has 2 rings (SSSR count). The Bertz CT molecular complexity index is 849. The highest BCUT2D eigenvalue weighted by Crippen LogP contribution is 2.29. The van der Waals surface area contributed by atoms with E-state index in [2.05, 4.69) is 0 Å². The van der Waals surface area contributed by atoms with Crippen LogP contribution in [-0.4, -0.2) is 26.7 Å². The summed E-state index contributed by atoms with van der Waals surface area (Å²) in [5, 5.41) is 22.3. The maximum Gasteiger partial charge on any atom is 0.279 e. The van der Waals surface area contributed by atoms with Gasteiger partial charge in [-0.2, -0.15) is 0 Å². The fourth-order valence-corrected chi connectivity index (χ4v) is 2.63. The standard InChI is InChI=1S/C18H19N3O5/c1-12(2)19(11-14-7-5-4-6-8-14)18(22)16-9-15(20(23)24)10-17(13(16)3)21(25)26/h4-10,12H,11H2,1-3H3. The Morgan fingerprint density at radius 3 is 2.19 bits per heavy atom. The van der Waals surface area contributed by atoms with Crippen molar-refractivity contribution in [2.75, 3.05) is 0 Å². The van der Waals surface area contributed by atoms with Gasteiger partial charge in [-0.25, -0.2) is 0 Å². The monoisotopic (exact) mass is 357 g/mol. The fraction of sp³-hybridized carbons (Fsp3) is 0.278. The van der Waals surface area contributed by atoms with E-state index in [-0.39, 0.29) is 17.2 Å². The van der Waals surface area contributed by atoms with E-state index >= 15 is 0 Å². The van der Waals surface area contributed by atoms with Crippen molar-refractivity contribution < 1.29 is 14.6 Å². The maximum absolute atomic E-state index is 13.0. The highest BCUT2D eigenvalue weighted by Gasteiger charge is 2.28. The van der Waals surface area contributed by atoms with Crippen LogP contribution in [0.5, 0.6) is 0 Å². The van der Waals surface area contributed by atoms with Gasteiger partial charge in [-0.15, -0.1) is 0 Å². The normalized spacial score (nSPS) is 10.6. The topological polar surface area (TPSA) is 107 Å². The van der Waals surface area contributed by atoms with Crippen molar-refractivity contribution in [2.45, 2.75) is 33.4 Å². The minimum Gasteiger partial charge on any atom is -0.332 e. The number of nitro benzene ring substituents is 2. The number of rotatable bonds is 6. The molecule has 0 spiro atoms. The van der Waals surface area contributed by atoms with Gasteiger partial charge in [-0.1, -0.05) is 30.3 Å². The molecule has 0 aromatic heterocycles. The van der Waals surface area contributed by atoms with Crippen molar-refractivity contribution in [3.8, 4) is 0 Å². The molecule has 26 heavy (non-hydrogen) atoms. The molecule has 1 amide bonds. The molecule has 0 saturated heterocycles. The Hall–Kier alpha value is -3.29. The second kappa shape index (κ2) is 7.73. The number of non-ortho nitro benzene ring substituents is 1. The zero-order valence-corrected chi connectivity index (χ0v) is 14.7. The van der Waals surface area contributed by atoms with Crippen LogP contribution < -0.4 is 0 Å². The second-order valence-corrected chi connectivity index (χ2v) is 6.16. The van der Waals surface area contributed by atoms with Crippen LogP contribution in [0.3, 0.4) is 0 Å². The van der Waals surface area contributed by atoms with Gasteiger partial charge in [0.05, 0.1) is 21.5 Å². The number of carbonyl (C=O) groups excluding carboxylic acids is 1. The molecular weight excluding hydrogens is 338 g/mol. The first-order valence-electron chi connectivity index (χ1n) is 8.00. The van der Waals surface area contributed by atoms with Crippen LogP contribution in [0.4, 0.5) is 11.4 Å². The van der Waals surface area contributed by atoms with E-state index in [4.69, 9.17) is 0 Å². The van der Waals surface area contributed by atoms with E-state index in [0.29, 0.717) is 6.54 Å². The van der Waals surface area contributed by atoms with Gasteiger partial charge in [-0.3, -0.25) is 25.0 Å². The van der Waals surface area contributed by atoms with Gasteiger partial charge < -0.3 is 4.90 Å². The lowest BCUT2D eigenvalue weighted by Gasteiger charge is -2.27. The molecule has 2 aromatic rings. The third kappa shape index (κ3) is 4.02. The van der Waals surface area contributed by atoms with Gasteiger partial charge in [0.25, 0.3) is 17.3 Å². The van der Waals surface area contributed by atoms with Crippen molar-refractivity contribution in [1.82, 2.24) is 4.90 Å². The van der Waals surface area contributed by atoms with Crippen molar-refractivity contribution in [3.05, 3.63) is 79.4 Å². The zero-order chi connectivity index (χ0) is 19.4. The Morgan fingerprint density at radius 2 is 1.69 bits per heavy atom. The van der Waals surface area contributed by atoms with Crippen LogP contribution in [-0.2, 0) is 6.54 Å². The number of carbonyl (C=O) groups is 1. The average Bonchev–Trinajstić information content (AvgIpc) is 2.59. The fourth-order valence-electron chi connectivity index (χ4n) is 2.63. The molecule has 8 nitrogen and oxygen atoms in total. The highest BCUT2D eigenvalue weighted by molar-refractivity contribution is 5.97. The van der Waals surface area contributed by atoms with Gasteiger partial charge in [-0.05, 0) is 26.3 Å². The van der Waals surface area contributed by atoms with Crippen molar-refractivity contribution in [3.63, 3.8) is 0 Å². The van der Waals surface area contributed by atoms with Crippen LogP contribution >= 0.6 is 0 Å². The molecule has 0 fully saturated rings. The summed E-state index contributed by atoms with van der Waals surface area (Å²) >= 11 is 0. The first-order valence-corrected chi connectivity index (χ1v) is 8.00. The Balaban J connectivity index is 2.51. The van der Waals surface area contributed by atoms with E-state index in [1.54, 1.807) is 0 Å². The number of hydrogen-bond donors (Lipinski definition) is 0. The number of amides is 1. The molecular formula is C18H19N3O5. The molecule has 0 radical (unpaired) electrons. The largest absolute Gasteiger partial charge is 0.332 e. The van der Waals surface area contributed by atoms with E-state index in [0.717, 1.165) is 17.7 Å². The number of benzene rings is 2. The van der Waals surface area contributed by atoms with Gasteiger partial charge in [0, 0.05) is 24.2 Å². The van der Waals surface area contributed by atoms with Gasteiger partial charge in [0.1, 0.15) is 0 Å². The van der Waals surface area contributed by atoms with E-state index < -0.39 is 27.1 Å². The molecule has 0 saturated carbocycles. The van der Waals surface area contributed by atoms with Gasteiger partial charge >= 0.3 is 0 Å². The van der Waals surface area contributed by atoms with E-state index in [1.807, 2.05) is 44.2 Å². The summed E-state index contributed by atoms with van der Waals surface area (Å²) < 4.78 is 0. The van der Waals surface area contributed by atoms with Crippen molar-refractivity contribution in [2.24, 2.45) is 0 Å². The summed E-state index contributed by atoms with van der Waals surface area (Å²) in [5.74, 6) is -0.479. The van der Waals surface area contributed by atoms with E-state index in [1.165, 1.54) is 11.8 Å². The zero-order valence-electron chi connectivity index (χ0n) is 14.7. The molecule has 0 aliphatic heterocycles. The van der Waals surface area contributed by atoms with Crippen LogP contribution in [0.25, 0.3) is 0 Å². The smallest absolute Gasteiger partial charge is 0.279 e. The Morgan fingerprint density at radius 1 is 1.08 bits per heavy atom. The van der Waals surface area contributed by atoms with Crippen LogP contribution in [0.2, 0.25) is 0 Å². The number of hydrogen-bond acceptors (Lipinski definition) is 5. The summed E-state index contributed by atoms with van der Waals surface area (Å²) in [6, 6.07) is 11.1. The lowest BCUT2D eigenvalue weighted by molar-refractivity contribution is -0.394. The molecule has 8 heteroatoms. The molecule has 0 aliphatic carbocycles. The van der Waals surface area contributed by atoms with Crippen LogP contribution in [0.15, 0.2) is 42.5 Å². The number of nitro groups is 2. The third-order valence-electron chi connectivity index (χ3n) is 4.08. The predicted octanol–water partition coefficient (Wildman–Crippen LogP) is 3.86. The molecule has 0 heterocycles. The summed E-state index contributed by atoms with van der Waals surface area (Å²) in [6.07, 6.45) is 0. The lowest BCUT2D eigenvalue weighted by Crippen LogP contribution is -2.36. The molecule has 0 N–H and O–H groups in total. The molecule has 0 atom stereocenters. The molecule has 2 aromatic carbocycles. The predicted molar refractivity (Wildman–Crippen MR) is 95.9 cm³/mol. The quantitative estimate of drug-likeness (QED) is 0.576. The van der Waals surface area contributed by atoms with Crippen molar-refractivity contribution >= 4 is 17.3 Å². The lowest BCUT2D eigenvalue weighted by atomic mass is 10.0. The summed E-state index contributed by atoms with van der Waals surface area (Å²) in [4.78, 5) is 35.5. The molecule has 0 bridgehead atoms. The first-order chi connectivity index (χ1) is 12.2. The van der Waals surface area contributed by atoms with Crippen LogP contribution in [0, 0.1) is 27.2 Å². The summed E-state index contributed by atoms with van der Waals surface area (Å²) in [5.41, 5.74) is 0.0620. The Kier molecular flexibility index (Phi) is 5.66. The molecule has 0 unspecified atom stereocenters. The SMILES string of the molecule is Cc1c(C(=O)N(Cc2ccccc2)C(C)C)cc([N+](=O)[O-])cc1[N+](=O)[O-]. The third-order valence-corrected chi connectivity index (χ3v) is 4.08. The highest BCUT2D eigenvalue weighted by atomic mass is 16.6. The number of nitrogens with zero attached hydrogens (tertiary/aromatic N) is 3. The van der Waals surface area contributed by atoms with E-state index in [9.17, 15) is 25.0 Å². The van der Waals surface area contributed by atoms with Gasteiger partial charge in [0.15, 0.2) is 0 Å². The minimum atomic E-state index is -0.736. The summed E-state index contributed by atoms with van der Waals surface area (Å²) in [6.45, 7) is 5.37. The average molecular weight is 357 g/mol. The minimum absolute atomic E-state index is 0.0319. The Labute approximate surface area is 150 Å². The molecule has 136 valence electrons. The van der Waals surface area contributed by atoms with Gasteiger partial charge in [0.2, 0.25) is 0 Å². The maximum atomic E-state index is 13.0. The summed E-state index contributed by atoms with van der Waals surface area (Å²) in [7, 11) is 0. The van der Waals surface area contributed by atoms with Crippen LogP contribution in [0.1, 0.15) is 35.3 Å². The molecule has 0 aliphatic rings.